The average molecular weight is 287 g/mol. The van der Waals surface area contributed by atoms with Crippen LogP contribution in [0, 0.1) is 6.92 Å². The first-order chi connectivity index (χ1) is 9.08. The number of hydrogen-bond donors (Lipinski definition) is 2. The Morgan fingerprint density at radius 3 is 2.79 bits per heavy atom. The van der Waals surface area contributed by atoms with Crippen molar-refractivity contribution in [2.75, 3.05) is 13.2 Å². The van der Waals surface area contributed by atoms with Crippen molar-refractivity contribution in [3.63, 3.8) is 0 Å². The second-order valence-corrected chi connectivity index (χ2v) is 6.60. The Kier molecular flexibility index (Phi) is 4.95. The number of nitrogens with one attached hydrogen (secondary N) is 2. The van der Waals surface area contributed by atoms with Gasteiger partial charge in [-0.05, 0) is 19.8 Å². The molecule has 1 aliphatic rings. The number of aromatic nitrogens is 2. The molecule has 0 aromatic carbocycles. The summed E-state index contributed by atoms with van der Waals surface area (Å²) < 4.78 is 31.9. The highest BCUT2D eigenvalue weighted by atomic mass is 32.2. The first-order valence-corrected chi connectivity index (χ1v) is 8.19. The van der Waals surface area contributed by atoms with E-state index in [4.69, 9.17) is 4.74 Å². The molecule has 0 saturated heterocycles. The van der Waals surface area contributed by atoms with Crippen molar-refractivity contribution in [3.8, 4) is 0 Å². The lowest BCUT2D eigenvalue weighted by molar-refractivity contribution is 0.0321. The maximum absolute atomic E-state index is 11.9. The molecule has 0 bridgehead atoms. The van der Waals surface area contributed by atoms with Gasteiger partial charge < -0.3 is 9.72 Å². The van der Waals surface area contributed by atoms with Crippen molar-refractivity contribution in [3.05, 3.63) is 12.0 Å². The number of aryl methyl sites for hydroxylation is 1. The van der Waals surface area contributed by atoms with Gasteiger partial charge in [0.15, 0.2) is 5.03 Å². The molecular formula is C12H21N3O3S. The van der Waals surface area contributed by atoms with Crippen molar-refractivity contribution in [2.45, 2.75) is 50.2 Å². The van der Waals surface area contributed by atoms with E-state index in [9.17, 15) is 8.42 Å². The Balaban J connectivity index is 1.72. The maximum Gasteiger partial charge on any atom is 0.257 e. The van der Waals surface area contributed by atoms with E-state index in [-0.39, 0.29) is 11.6 Å². The molecule has 1 aromatic rings. The standard InChI is InChI=1S/C12H21N3O3S/c1-10-13-9-12(15-10)19(16,17)14-7-8-18-11-5-3-2-4-6-11/h9,11,14H,2-8H2,1H3,(H,13,15). The van der Waals surface area contributed by atoms with E-state index in [1.54, 1.807) is 6.92 Å². The zero-order valence-corrected chi connectivity index (χ0v) is 12.0. The number of sulfonamides is 1. The summed E-state index contributed by atoms with van der Waals surface area (Å²) in [6.45, 7) is 2.42. The number of hydrogen-bond acceptors (Lipinski definition) is 4. The van der Waals surface area contributed by atoms with E-state index in [1.165, 1.54) is 25.5 Å². The largest absolute Gasteiger partial charge is 0.377 e. The molecule has 1 aromatic heterocycles. The molecule has 0 amide bonds. The van der Waals surface area contributed by atoms with E-state index in [0.29, 0.717) is 18.5 Å². The molecule has 19 heavy (non-hydrogen) atoms. The first kappa shape index (κ1) is 14.5. The van der Waals surface area contributed by atoms with Crippen molar-refractivity contribution < 1.29 is 13.2 Å². The highest BCUT2D eigenvalue weighted by Crippen LogP contribution is 2.19. The molecule has 2 rings (SSSR count). The minimum Gasteiger partial charge on any atom is -0.377 e. The van der Waals surface area contributed by atoms with Crippen LogP contribution in [0.3, 0.4) is 0 Å². The lowest BCUT2D eigenvalue weighted by atomic mass is 9.98. The van der Waals surface area contributed by atoms with E-state index >= 15 is 0 Å². The molecule has 6 nitrogen and oxygen atoms in total. The Bertz CT molecular complexity index is 492. The molecule has 2 N–H and O–H groups in total. The van der Waals surface area contributed by atoms with Gasteiger partial charge in [0.2, 0.25) is 0 Å². The Morgan fingerprint density at radius 1 is 1.42 bits per heavy atom. The summed E-state index contributed by atoms with van der Waals surface area (Å²) in [6, 6.07) is 0. The zero-order valence-electron chi connectivity index (χ0n) is 11.2. The fraction of sp³-hybridized carbons (Fsp3) is 0.750. The molecule has 0 unspecified atom stereocenters. The molecule has 1 fully saturated rings. The third-order valence-corrected chi connectivity index (χ3v) is 4.64. The topological polar surface area (TPSA) is 84.1 Å². The van der Waals surface area contributed by atoms with E-state index in [1.807, 2.05) is 0 Å². The van der Waals surface area contributed by atoms with Crippen LogP contribution in [0.2, 0.25) is 0 Å². The smallest absolute Gasteiger partial charge is 0.257 e. The number of ether oxygens (including phenoxy) is 1. The monoisotopic (exact) mass is 287 g/mol. The van der Waals surface area contributed by atoms with Crippen LogP contribution in [0.15, 0.2) is 11.2 Å². The number of rotatable bonds is 6. The molecule has 1 aliphatic carbocycles. The van der Waals surface area contributed by atoms with Crippen LogP contribution in [0.5, 0.6) is 0 Å². The Morgan fingerprint density at radius 2 is 2.16 bits per heavy atom. The highest BCUT2D eigenvalue weighted by molar-refractivity contribution is 7.89. The van der Waals surface area contributed by atoms with Crippen LogP contribution >= 0.6 is 0 Å². The summed E-state index contributed by atoms with van der Waals surface area (Å²) in [5.41, 5.74) is 0. The zero-order chi connectivity index (χ0) is 13.7. The summed E-state index contributed by atoms with van der Waals surface area (Å²) in [7, 11) is -3.49. The lowest BCUT2D eigenvalue weighted by Crippen LogP contribution is -2.29. The van der Waals surface area contributed by atoms with Crippen molar-refractivity contribution in [1.82, 2.24) is 14.7 Å². The molecule has 0 atom stereocenters. The molecule has 1 saturated carbocycles. The predicted octanol–water partition coefficient (Wildman–Crippen LogP) is 1.35. The summed E-state index contributed by atoms with van der Waals surface area (Å²) >= 11 is 0. The van der Waals surface area contributed by atoms with E-state index in [0.717, 1.165) is 12.8 Å². The van der Waals surface area contributed by atoms with Gasteiger partial charge >= 0.3 is 0 Å². The van der Waals surface area contributed by atoms with Gasteiger partial charge in [0, 0.05) is 6.54 Å². The fourth-order valence-corrected chi connectivity index (χ4v) is 3.23. The molecule has 1 heterocycles. The van der Waals surface area contributed by atoms with Gasteiger partial charge in [-0.2, -0.15) is 0 Å². The molecule has 0 aliphatic heterocycles. The third-order valence-electron chi connectivity index (χ3n) is 3.27. The van der Waals surface area contributed by atoms with Crippen LogP contribution in [-0.2, 0) is 14.8 Å². The fourth-order valence-electron chi connectivity index (χ4n) is 2.25. The molecule has 108 valence electrons. The average Bonchev–Trinajstić information content (AvgIpc) is 2.84. The molecule has 7 heteroatoms. The van der Waals surface area contributed by atoms with E-state index < -0.39 is 10.0 Å². The van der Waals surface area contributed by atoms with Gasteiger partial charge in [-0.25, -0.2) is 18.1 Å². The summed E-state index contributed by atoms with van der Waals surface area (Å²) in [6.07, 6.45) is 7.51. The van der Waals surface area contributed by atoms with E-state index in [2.05, 4.69) is 14.7 Å². The molecular weight excluding hydrogens is 266 g/mol. The summed E-state index contributed by atoms with van der Waals surface area (Å²) in [5, 5.41) is 0.0997. The normalized spacial score (nSPS) is 17.7. The SMILES string of the molecule is Cc1ncc(S(=O)(=O)NCCOC2CCCCC2)[nH]1. The maximum atomic E-state index is 11.9. The summed E-state index contributed by atoms with van der Waals surface area (Å²) in [5.74, 6) is 0.582. The number of imidazole rings is 1. The van der Waals surface area contributed by atoms with Gasteiger partial charge in [0.25, 0.3) is 10.0 Å². The van der Waals surface area contributed by atoms with Crippen molar-refractivity contribution >= 4 is 10.0 Å². The Labute approximate surface area is 114 Å². The van der Waals surface area contributed by atoms with Gasteiger partial charge in [-0.15, -0.1) is 0 Å². The molecule has 0 radical (unpaired) electrons. The third kappa shape index (κ3) is 4.29. The second-order valence-electron chi connectivity index (χ2n) is 4.86. The first-order valence-electron chi connectivity index (χ1n) is 6.71. The molecule has 0 spiro atoms. The van der Waals surface area contributed by atoms with Crippen molar-refractivity contribution in [2.24, 2.45) is 0 Å². The minimum atomic E-state index is -3.49. The Hall–Kier alpha value is -0.920. The lowest BCUT2D eigenvalue weighted by Gasteiger charge is -2.21. The van der Waals surface area contributed by atoms with Crippen LogP contribution in [-0.4, -0.2) is 37.6 Å². The number of aromatic amines is 1. The van der Waals surface area contributed by atoms with Gasteiger partial charge in [0.1, 0.15) is 5.82 Å². The van der Waals surface area contributed by atoms with Crippen LogP contribution in [0.1, 0.15) is 37.9 Å². The minimum absolute atomic E-state index is 0.0997. The second kappa shape index (κ2) is 6.49. The van der Waals surface area contributed by atoms with Crippen LogP contribution < -0.4 is 4.72 Å². The number of nitrogens with zero attached hydrogens (tertiary/aromatic N) is 1. The van der Waals surface area contributed by atoms with Crippen LogP contribution in [0.4, 0.5) is 0 Å². The van der Waals surface area contributed by atoms with Crippen LogP contribution in [0.25, 0.3) is 0 Å². The predicted molar refractivity (Wildman–Crippen MR) is 71.3 cm³/mol. The van der Waals surface area contributed by atoms with Crippen molar-refractivity contribution in [1.29, 1.82) is 0 Å². The quantitative estimate of drug-likeness (QED) is 0.773. The van der Waals surface area contributed by atoms with Gasteiger partial charge in [-0.1, -0.05) is 19.3 Å². The van der Waals surface area contributed by atoms with Gasteiger partial charge in [0.05, 0.1) is 18.9 Å². The van der Waals surface area contributed by atoms with Gasteiger partial charge in [-0.3, -0.25) is 0 Å². The highest BCUT2D eigenvalue weighted by Gasteiger charge is 2.17. The number of H-pyrrole nitrogens is 1. The summed E-state index contributed by atoms with van der Waals surface area (Å²) in [4.78, 5) is 6.58.